The van der Waals surface area contributed by atoms with Crippen LogP contribution in [0.4, 0.5) is 23.1 Å². The van der Waals surface area contributed by atoms with Crippen molar-refractivity contribution < 1.29 is 0 Å². The standard InChI is InChI=1S/C22H23N5/c1-14(2)18-10-7-8-15(3)21(18)27-22-24-16(4)12-20(26-22)25-19-11-6-5-9-17(19)13-23/h5-12,14H,1-4H3,(H2,24,25,26,27). The summed E-state index contributed by atoms with van der Waals surface area (Å²) in [6.07, 6.45) is 0. The number of aryl methyl sites for hydroxylation is 2. The molecule has 0 saturated heterocycles. The zero-order chi connectivity index (χ0) is 19.4. The molecule has 3 rings (SSSR count). The monoisotopic (exact) mass is 357 g/mol. The molecule has 0 atom stereocenters. The van der Waals surface area contributed by atoms with E-state index < -0.39 is 0 Å². The first-order valence-corrected chi connectivity index (χ1v) is 8.96. The van der Waals surface area contributed by atoms with Crippen LogP contribution in [-0.2, 0) is 0 Å². The average Bonchev–Trinajstić information content (AvgIpc) is 2.63. The smallest absolute Gasteiger partial charge is 0.229 e. The highest BCUT2D eigenvalue weighted by Crippen LogP contribution is 2.30. The van der Waals surface area contributed by atoms with Crippen molar-refractivity contribution in [2.45, 2.75) is 33.6 Å². The molecule has 0 spiro atoms. The van der Waals surface area contributed by atoms with Crippen LogP contribution >= 0.6 is 0 Å². The maximum Gasteiger partial charge on any atom is 0.229 e. The Morgan fingerprint density at radius 1 is 0.963 bits per heavy atom. The summed E-state index contributed by atoms with van der Waals surface area (Å²) in [6, 6.07) is 17.7. The van der Waals surface area contributed by atoms with Crippen LogP contribution in [0.3, 0.4) is 0 Å². The Morgan fingerprint density at radius 2 is 1.74 bits per heavy atom. The molecule has 0 fully saturated rings. The van der Waals surface area contributed by atoms with Crippen LogP contribution in [0.2, 0.25) is 0 Å². The molecule has 5 nitrogen and oxygen atoms in total. The third-order valence-corrected chi connectivity index (χ3v) is 4.33. The van der Waals surface area contributed by atoms with E-state index in [-0.39, 0.29) is 0 Å². The molecule has 2 aromatic carbocycles. The molecule has 0 aliphatic heterocycles. The SMILES string of the molecule is Cc1cc(Nc2ccccc2C#N)nc(Nc2c(C)cccc2C(C)C)n1. The largest absolute Gasteiger partial charge is 0.339 e. The second kappa shape index (κ2) is 7.88. The summed E-state index contributed by atoms with van der Waals surface area (Å²) in [5.74, 6) is 1.56. The molecule has 27 heavy (non-hydrogen) atoms. The normalized spacial score (nSPS) is 10.5. The highest BCUT2D eigenvalue weighted by atomic mass is 15.1. The van der Waals surface area contributed by atoms with Crippen molar-refractivity contribution in [1.82, 2.24) is 9.97 Å². The summed E-state index contributed by atoms with van der Waals surface area (Å²) in [5, 5.41) is 15.9. The maximum absolute atomic E-state index is 9.28. The van der Waals surface area contributed by atoms with Crippen LogP contribution in [0.5, 0.6) is 0 Å². The van der Waals surface area contributed by atoms with Crippen molar-refractivity contribution in [2.24, 2.45) is 0 Å². The zero-order valence-corrected chi connectivity index (χ0v) is 16.0. The maximum atomic E-state index is 9.28. The van der Waals surface area contributed by atoms with Gasteiger partial charge in [-0.1, -0.05) is 44.2 Å². The second-order valence-corrected chi connectivity index (χ2v) is 6.82. The van der Waals surface area contributed by atoms with Gasteiger partial charge in [-0.3, -0.25) is 0 Å². The quantitative estimate of drug-likeness (QED) is 0.624. The molecule has 2 N–H and O–H groups in total. The van der Waals surface area contributed by atoms with E-state index >= 15 is 0 Å². The number of rotatable bonds is 5. The lowest BCUT2D eigenvalue weighted by atomic mass is 9.98. The van der Waals surface area contributed by atoms with Crippen molar-refractivity contribution in [3.05, 3.63) is 70.9 Å². The van der Waals surface area contributed by atoms with Crippen molar-refractivity contribution >= 4 is 23.1 Å². The number of anilines is 4. The summed E-state index contributed by atoms with van der Waals surface area (Å²) in [7, 11) is 0. The Labute approximate surface area is 160 Å². The fourth-order valence-corrected chi connectivity index (χ4v) is 2.97. The first kappa shape index (κ1) is 18.4. The van der Waals surface area contributed by atoms with Gasteiger partial charge in [0.05, 0.1) is 11.3 Å². The highest BCUT2D eigenvalue weighted by Gasteiger charge is 2.12. The topological polar surface area (TPSA) is 73.6 Å². The molecule has 5 heteroatoms. The first-order chi connectivity index (χ1) is 13.0. The van der Waals surface area contributed by atoms with Crippen molar-refractivity contribution in [3.8, 4) is 6.07 Å². The van der Waals surface area contributed by atoms with Gasteiger partial charge in [0.25, 0.3) is 0 Å². The number of aromatic nitrogens is 2. The van der Waals surface area contributed by atoms with Gasteiger partial charge in [-0.05, 0) is 43.0 Å². The van der Waals surface area contributed by atoms with E-state index in [2.05, 4.69) is 65.6 Å². The third-order valence-electron chi connectivity index (χ3n) is 4.33. The van der Waals surface area contributed by atoms with Gasteiger partial charge in [0.2, 0.25) is 5.95 Å². The van der Waals surface area contributed by atoms with E-state index in [1.54, 1.807) is 6.07 Å². The number of nitriles is 1. The van der Waals surface area contributed by atoms with Crippen LogP contribution in [0.25, 0.3) is 0 Å². The molecule has 3 aromatic rings. The van der Waals surface area contributed by atoms with Gasteiger partial charge in [0, 0.05) is 17.4 Å². The van der Waals surface area contributed by atoms with E-state index in [9.17, 15) is 5.26 Å². The van der Waals surface area contributed by atoms with Crippen LogP contribution in [-0.4, -0.2) is 9.97 Å². The number of nitrogens with zero attached hydrogens (tertiary/aromatic N) is 3. The minimum Gasteiger partial charge on any atom is -0.339 e. The Hall–Kier alpha value is -3.39. The van der Waals surface area contributed by atoms with Crippen molar-refractivity contribution in [1.29, 1.82) is 5.26 Å². The predicted octanol–water partition coefficient (Wildman–Crippen LogP) is 5.58. The van der Waals surface area contributed by atoms with Crippen molar-refractivity contribution in [3.63, 3.8) is 0 Å². The van der Waals surface area contributed by atoms with Crippen molar-refractivity contribution in [2.75, 3.05) is 10.6 Å². The van der Waals surface area contributed by atoms with Crippen LogP contribution in [0.15, 0.2) is 48.5 Å². The third kappa shape index (κ3) is 4.24. The molecule has 0 unspecified atom stereocenters. The number of benzene rings is 2. The number of hydrogen-bond donors (Lipinski definition) is 2. The summed E-state index contributed by atoms with van der Waals surface area (Å²) in [5.41, 5.74) is 5.55. The Morgan fingerprint density at radius 3 is 2.48 bits per heavy atom. The second-order valence-electron chi connectivity index (χ2n) is 6.82. The lowest BCUT2D eigenvalue weighted by Gasteiger charge is -2.17. The minimum absolute atomic E-state index is 0.386. The molecular weight excluding hydrogens is 334 g/mol. The molecule has 0 saturated carbocycles. The molecule has 1 heterocycles. The molecule has 136 valence electrons. The lowest BCUT2D eigenvalue weighted by molar-refractivity contribution is 0.866. The van der Waals surface area contributed by atoms with Crippen LogP contribution in [0, 0.1) is 25.2 Å². The summed E-state index contributed by atoms with van der Waals surface area (Å²) in [6.45, 7) is 8.34. The molecular formula is C22H23N5. The summed E-state index contributed by atoms with van der Waals surface area (Å²) < 4.78 is 0. The molecule has 0 radical (unpaired) electrons. The fourth-order valence-electron chi connectivity index (χ4n) is 2.97. The van der Waals surface area contributed by atoms with E-state index in [1.165, 1.54) is 5.56 Å². The Balaban J connectivity index is 1.95. The highest BCUT2D eigenvalue weighted by molar-refractivity contribution is 5.67. The summed E-state index contributed by atoms with van der Waals surface area (Å²) >= 11 is 0. The van der Waals surface area contributed by atoms with E-state index in [0.29, 0.717) is 23.2 Å². The van der Waals surface area contributed by atoms with Gasteiger partial charge in [-0.25, -0.2) is 4.98 Å². The van der Waals surface area contributed by atoms with Gasteiger partial charge in [0.15, 0.2) is 0 Å². The summed E-state index contributed by atoms with van der Waals surface area (Å²) in [4.78, 5) is 9.13. The van der Waals surface area contributed by atoms with Gasteiger partial charge in [-0.2, -0.15) is 10.2 Å². The van der Waals surface area contributed by atoms with Gasteiger partial charge in [0.1, 0.15) is 11.9 Å². The predicted molar refractivity (Wildman–Crippen MR) is 110 cm³/mol. The number of nitrogens with one attached hydrogen (secondary N) is 2. The molecule has 1 aromatic heterocycles. The molecule has 0 bridgehead atoms. The number of hydrogen-bond acceptors (Lipinski definition) is 5. The fraction of sp³-hybridized carbons (Fsp3) is 0.227. The minimum atomic E-state index is 0.386. The van der Waals surface area contributed by atoms with Gasteiger partial charge >= 0.3 is 0 Å². The lowest BCUT2D eigenvalue weighted by Crippen LogP contribution is -2.06. The van der Waals surface area contributed by atoms with Gasteiger partial charge in [-0.15, -0.1) is 0 Å². The van der Waals surface area contributed by atoms with E-state index in [1.807, 2.05) is 31.2 Å². The van der Waals surface area contributed by atoms with E-state index in [4.69, 9.17) is 0 Å². The number of para-hydroxylation sites is 2. The van der Waals surface area contributed by atoms with Crippen LogP contribution in [0.1, 0.15) is 42.1 Å². The van der Waals surface area contributed by atoms with E-state index in [0.717, 1.165) is 22.6 Å². The molecule has 0 aliphatic carbocycles. The Kier molecular flexibility index (Phi) is 5.37. The Bertz CT molecular complexity index is 1000. The first-order valence-electron chi connectivity index (χ1n) is 8.96. The zero-order valence-electron chi connectivity index (χ0n) is 16.0. The van der Waals surface area contributed by atoms with Crippen LogP contribution < -0.4 is 10.6 Å². The van der Waals surface area contributed by atoms with Gasteiger partial charge < -0.3 is 10.6 Å². The average molecular weight is 357 g/mol. The molecule has 0 amide bonds. The molecule has 0 aliphatic rings.